The number of carbonyl (C=O) groups is 1. The zero-order valence-electron chi connectivity index (χ0n) is 8.80. The maximum atomic E-state index is 11.3. The molecule has 0 amide bonds. The van der Waals surface area contributed by atoms with Gasteiger partial charge in [0.1, 0.15) is 0 Å². The van der Waals surface area contributed by atoms with Crippen molar-refractivity contribution >= 4 is 5.97 Å². The van der Waals surface area contributed by atoms with Gasteiger partial charge in [-0.2, -0.15) is 0 Å². The number of rotatable bonds is 3. The van der Waals surface area contributed by atoms with Crippen molar-refractivity contribution in [3.63, 3.8) is 0 Å². The second-order valence-electron chi connectivity index (χ2n) is 3.27. The first-order valence-electron chi connectivity index (χ1n) is 4.96. The lowest BCUT2D eigenvalue weighted by molar-refractivity contribution is -0.153. The Kier molecular flexibility index (Phi) is 2.96. The van der Waals surface area contributed by atoms with Gasteiger partial charge in [0.2, 0.25) is 6.79 Å². The molecule has 1 aliphatic heterocycles. The van der Waals surface area contributed by atoms with Crippen molar-refractivity contribution in [2.45, 2.75) is 13.0 Å². The van der Waals surface area contributed by atoms with Crippen molar-refractivity contribution in [2.75, 3.05) is 13.4 Å². The van der Waals surface area contributed by atoms with Crippen molar-refractivity contribution in [1.29, 1.82) is 0 Å². The van der Waals surface area contributed by atoms with Crippen LogP contribution in [0.2, 0.25) is 0 Å². The number of carbonyl (C=O) groups excluding carboxylic acids is 1. The predicted molar refractivity (Wildman–Crippen MR) is 54.2 cm³/mol. The Morgan fingerprint density at radius 3 is 3.00 bits per heavy atom. The number of aliphatic hydroxyl groups excluding tert-OH is 1. The molecule has 1 aromatic carbocycles. The first-order valence-corrected chi connectivity index (χ1v) is 4.96. The van der Waals surface area contributed by atoms with Crippen LogP contribution in [-0.4, -0.2) is 24.5 Å². The molecule has 1 heterocycles. The predicted octanol–water partition coefficient (Wildman–Crippen LogP) is 1.01. The fourth-order valence-corrected chi connectivity index (χ4v) is 1.44. The molecule has 86 valence electrons. The Morgan fingerprint density at radius 1 is 1.50 bits per heavy atom. The Labute approximate surface area is 92.5 Å². The van der Waals surface area contributed by atoms with Crippen LogP contribution in [0.4, 0.5) is 0 Å². The number of hydrogen-bond donors (Lipinski definition) is 1. The van der Waals surface area contributed by atoms with Crippen LogP contribution in [-0.2, 0) is 9.53 Å². The Balaban J connectivity index is 2.18. The third kappa shape index (κ3) is 1.94. The van der Waals surface area contributed by atoms with Crippen molar-refractivity contribution in [1.82, 2.24) is 0 Å². The van der Waals surface area contributed by atoms with Crippen molar-refractivity contribution in [3.05, 3.63) is 23.8 Å². The lowest BCUT2D eigenvalue weighted by Crippen LogP contribution is -2.15. The summed E-state index contributed by atoms with van der Waals surface area (Å²) >= 11 is 0. The van der Waals surface area contributed by atoms with E-state index in [-0.39, 0.29) is 13.4 Å². The van der Waals surface area contributed by atoms with Crippen LogP contribution in [0.1, 0.15) is 18.6 Å². The minimum Gasteiger partial charge on any atom is -0.464 e. The molecule has 0 bridgehead atoms. The lowest BCUT2D eigenvalue weighted by atomic mass is 10.1. The van der Waals surface area contributed by atoms with Crippen LogP contribution in [0.5, 0.6) is 11.5 Å². The molecule has 0 unspecified atom stereocenters. The summed E-state index contributed by atoms with van der Waals surface area (Å²) in [7, 11) is 0. The summed E-state index contributed by atoms with van der Waals surface area (Å²) in [6.45, 7) is 2.08. The molecule has 0 radical (unpaired) electrons. The molecule has 0 fully saturated rings. The van der Waals surface area contributed by atoms with Gasteiger partial charge >= 0.3 is 5.97 Å². The molecule has 0 spiro atoms. The molecule has 1 aliphatic rings. The molecule has 1 aromatic rings. The number of esters is 1. The summed E-state index contributed by atoms with van der Waals surface area (Å²) in [6, 6.07) is 4.83. The second-order valence-corrected chi connectivity index (χ2v) is 3.27. The van der Waals surface area contributed by atoms with Gasteiger partial charge in [0.15, 0.2) is 17.6 Å². The maximum Gasteiger partial charge on any atom is 0.339 e. The maximum absolute atomic E-state index is 11.3. The van der Waals surface area contributed by atoms with E-state index in [1.807, 2.05) is 0 Å². The first kappa shape index (κ1) is 10.8. The first-order chi connectivity index (χ1) is 7.72. The van der Waals surface area contributed by atoms with Crippen LogP contribution in [0.3, 0.4) is 0 Å². The third-order valence-corrected chi connectivity index (χ3v) is 2.22. The van der Waals surface area contributed by atoms with E-state index in [0.717, 1.165) is 0 Å². The smallest absolute Gasteiger partial charge is 0.339 e. The van der Waals surface area contributed by atoms with E-state index in [1.54, 1.807) is 25.1 Å². The number of aliphatic hydroxyl groups is 1. The largest absolute Gasteiger partial charge is 0.464 e. The Hall–Kier alpha value is -1.75. The molecular formula is C11H12O5. The Bertz CT molecular complexity index is 401. The molecular weight excluding hydrogens is 212 g/mol. The highest BCUT2D eigenvalue weighted by Gasteiger charge is 2.22. The number of ether oxygens (including phenoxy) is 3. The summed E-state index contributed by atoms with van der Waals surface area (Å²) in [4.78, 5) is 11.3. The van der Waals surface area contributed by atoms with Gasteiger partial charge in [0.25, 0.3) is 0 Å². The van der Waals surface area contributed by atoms with E-state index in [2.05, 4.69) is 0 Å². The quantitative estimate of drug-likeness (QED) is 0.776. The zero-order chi connectivity index (χ0) is 11.5. The molecule has 0 saturated carbocycles. The third-order valence-electron chi connectivity index (χ3n) is 2.22. The molecule has 1 atom stereocenters. The molecule has 1 N–H and O–H groups in total. The molecule has 5 nitrogen and oxygen atoms in total. The minimum atomic E-state index is -1.28. The van der Waals surface area contributed by atoms with Gasteiger partial charge in [-0.3, -0.25) is 0 Å². The summed E-state index contributed by atoms with van der Waals surface area (Å²) < 4.78 is 15.0. The summed E-state index contributed by atoms with van der Waals surface area (Å²) in [5.41, 5.74) is 0.433. The summed E-state index contributed by atoms with van der Waals surface area (Å²) in [5, 5.41) is 9.68. The molecule has 0 aromatic heterocycles. The standard InChI is InChI=1S/C11H12O5/c1-2-14-11(13)10(12)7-3-4-8-9(5-7)16-6-15-8/h3-5,10,12H,2,6H2,1H3/t10-/m0/s1. The van der Waals surface area contributed by atoms with E-state index in [9.17, 15) is 9.90 Å². The van der Waals surface area contributed by atoms with Gasteiger partial charge in [-0.15, -0.1) is 0 Å². The van der Waals surface area contributed by atoms with E-state index >= 15 is 0 Å². The van der Waals surface area contributed by atoms with Crippen molar-refractivity contribution in [2.24, 2.45) is 0 Å². The van der Waals surface area contributed by atoms with Crippen LogP contribution < -0.4 is 9.47 Å². The zero-order valence-corrected chi connectivity index (χ0v) is 8.80. The van der Waals surface area contributed by atoms with Gasteiger partial charge in [-0.05, 0) is 24.6 Å². The number of fused-ring (bicyclic) bond motifs is 1. The normalized spacial score (nSPS) is 14.6. The highest BCUT2D eigenvalue weighted by Crippen LogP contribution is 2.34. The van der Waals surface area contributed by atoms with E-state index in [4.69, 9.17) is 14.2 Å². The minimum absolute atomic E-state index is 0.161. The molecule has 5 heteroatoms. The van der Waals surface area contributed by atoms with E-state index in [0.29, 0.717) is 17.1 Å². The number of hydrogen-bond acceptors (Lipinski definition) is 5. The highest BCUT2D eigenvalue weighted by molar-refractivity contribution is 5.76. The van der Waals surface area contributed by atoms with Gasteiger partial charge in [-0.1, -0.05) is 6.07 Å². The topological polar surface area (TPSA) is 65.0 Å². The fourth-order valence-electron chi connectivity index (χ4n) is 1.44. The van der Waals surface area contributed by atoms with Gasteiger partial charge in [0, 0.05) is 0 Å². The van der Waals surface area contributed by atoms with Gasteiger partial charge in [0.05, 0.1) is 6.61 Å². The molecule has 16 heavy (non-hydrogen) atoms. The number of benzene rings is 1. The molecule has 2 rings (SSSR count). The average Bonchev–Trinajstić information content (AvgIpc) is 2.75. The van der Waals surface area contributed by atoms with Crippen LogP contribution in [0.25, 0.3) is 0 Å². The highest BCUT2D eigenvalue weighted by atomic mass is 16.7. The lowest BCUT2D eigenvalue weighted by Gasteiger charge is -2.10. The molecule has 0 aliphatic carbocycles. The second kappa shape index (κ2) is 4.40. The monoisotopic (exact) mass is 224 g/mol. The average molecular weight is 224 g/mol. The van der Waals surface area contributed by atoms with E-state index in [1.165, 1.54) is 0 Å². The van der Waals surface area contributed by atoms with Crippen molar-refractivity contribution in [3.8, 4) is 11.5 Å². The van der Waals surface area contributed by atoms with Crippen LogP contribution in [0.15, 0.2) is 18.2 Å². The SMILES string of the molecule is CCOC(=O)[C@@H](O)c1ccc2c(c1)OCO2. The fraction of sp³-hybridized carbons (Fsp3) is 0.364. The van der Waals surface area contributed by atoms with Crippen molar-refractivity contribution < 1.29 is 24.1 Å². The summed E-state index contributed by atoms with van der Waals surface area (Å²) in [6.07, 6.45) is -1.28. The van der Waals surface area contributed by atoms with Crippen LogP contribution in [0, 0.1) is 0 Å². The Morgan fingerprint density at radius 2 is 2.25 bits per heavy atom. The van der Waals surface area contributed by atoms with Crippen LogP contribution >= 0.6 is 0 Å². The summed E-state index contributed by atoms with van der Waals surface area (Å²) in [5.74, 6) is 0.474. The van der Waals surface area contributed by atoms with E-state index < -0.39 is 12.1 Å². The van der Waals surface area contributed by atoms with Gasteiger partial charge in [-0.25, -0.2) is 4.79 Å². The van der Waals surface area contributed by atoms with Gasteiger partial charge < -0.3 is 19.3 Å². The molecule has 0 saturated heterocycles.